The summed E-state index contributed by atoms with van der Waals surface area (Å²) in [5.74, 6) is 1.50. The molecule has 0 bridgehead atoms. The lowest BCUT2D eigenvalue weighted by atomic mass is 9.87. The lowest BCUT2D eigenvalue weighted by Crippen LogP contribution is -2.29. The van der Waals surface area contributed by atoms with Gasteiger partial charge in [0.1, 0.15) is 0 Å². The van der Waals surface area contributed by atoms with Gasteiger partial charge in [0.05, 0.1) is 5.69 Å². The van der Waals surface area contributed by atoms with Gasteiger partial charge < -0.3 is 10.6 Å². The highest BCUT2D eigenvalue weighted by molar-refractivity contribution is 5.28. The van der Waals surface area contributed by atoms with Gasteiger partial charge in [-0.05, 0) is 18.9 Å². The maximum Gasteiger partial charge on any atom is 0.224 e. The normalized spacial score (nSPS) is 14.9. The molecule has 0 saturated carbocycles. The number of nitrogens with two attached hydrogens (primary N) is 1. The highest BCUT2D eigenvalue weighted by Gasteiger charge is 2.21. The van der Waals surface area contributed by atoms with Gasteiger partial charge >= 0.3 is 0 Å². The fourth-order valence-corrected chi connectivity index (χ4v) is 1.98. The van der Waals surface area contributed by atoms with Crippen molar-refractivity contribution in [3.63, 3.8) is 0 Å². The van der Waals surface area contributed by atoms with Crippen molar-refractivity contribution >= 4 is 5.95 Å². The summed E-state index contributed by atoms with van der Waals surface area (Å²) < 4.78 is 0. The van der Waals surface area contributed by atoms with Gasteiger partial charge in [-0.1, -0.05) is 13.8 Å². The Balaban J connectivity index is 3.05. The predicted octanol–water partition coefficient (Wildman–Crippen LogP) is 1.63. The van der Waals surface area contributed by atoms with Crippen LogP contribution in [0.15, 0.2) is 12.3 Å². The third-order valence-corrected chi connectivity index (χ3v) is 2.69. The van der Waals surface area contributed by atoms with Crippen LogP contribution < -0.4 is 10.6 Å². The molecular weight excluding hydrogens is 200 g/mol. The molecule has 0 aromatic carbocycles. The van der Waals surface area contributed by atoms with Crippen molar-refractivity contribution in [2.24, 2.45) is 11.7 Å². The molecule has 90 valence electrons. The van der Waals surface area contributed by atoms with Crippen LogP contribution in [0.2, 0.25) is 0 Å². The van der Waals surface area contributed by atoms with Crippen LogP contribution in [0.3, 0.4) is 0 Å². The van der Waals surface area contributed by atoms with Crippen LogP contribution in [0.5, 0.6) is 0 Å². The monoisotopic (exact) mass is 222 g/mol. The van der Waals surface area contributed by atoms with Crippen LogP contribution in [0.25, 0.3) is 0 Å². The molecule has 4 nitrogen and oxygen atoms in total. The summed E-state index contributed by atoms with van der Waals surface area (Å²) in [6, 6.07) is 2.06. The molecule has 0 aliphatic rings. The highest BCUT2D eigenvalue weighted by atomic mass is 15.2. The highest BCUT2D eigenvalue weighted by Crippen LogP contribution is 2.25. The number of hydrogen-bond acceptors (Lipinski definition) is 4. The van der Waals surface area contributed by atoms with E-state index >= 15 is 0 Å². The van der Waals surface area contributed by atoms with Crippen LogP contribution in [-0.2, 0) is 0 Å². The maximum absolute atomic E-state index is 6.02. The molecule has 1 aromatic rings. The first kappa shape index (κ1) is 12.9. The van der Waals surface area contributed by atoms with E-state index in [0.717, 1.165) is 11.6 Å². The smallest absolute Gasteiger partial charge is 0.224 e. The van der Waals surface area contributed by atoms with Crippen molar-refractivity contribution < 1.29 is 0 Å². The summed E-state index contributed by atoms with van der Waals surface area (Å²) in [5.41, 5.74) is 7.05. The molecule has 0 fully saturated rings. The van der Waals surface area contributed by atoms with Gasteiger partial charge in [0.25, 0.3) is 0 Å². The van der Waals surface area contributed by atoms with Gasteiger partial charge in [-0.3, -0.25) is 0 Å². The number of hydrogen-bond donors (Lipinski definition) is 1. The van der Waals surface area contributed by atoms with Gasteiger partial charge in [0, 0.05) is 32.3 Å². The largest absolute Gasteiger partial charge is 0.347 e. The SMILES string of the molecule is CC(C)C(c1ccnc(N(C)C)n1)C(C)N. The average Bonchev–Trinajstić information content (AvgIpc) is 2.16. The fraction of sp³-hybridized carbons (Fsp3) is 0.667. The fourth-order valence-electron chi connectivity index (χ4n) is 1.98. The van der Waals surface area contributed by atoms with E-state index in [9.17, 15) is 0 Å². The Morgan fingerprint density at radius 2 is 1.88 bits per heavy atom. The summed E-state index contributed by atoms with van der Waals surface area (Å²) in [5, 5.41) is 0. The molecule has 2 N–H and O–H groups in total. The quantitative estimate of drug-likeness (QED) is 0.841. The minimum atomic E-state index is 0.102. The minimum Gasteiger partial charge on any atom is -0.347 e. The molecule has 0 saturated heterocycles. The third-order valence-electron chi connectivity index (χ3n) is 2.69. The Morgan fingerprint density at radius 1 is 1.25 bits per heavy atom. The van der Waals surface area contributed by atoms with Gasteiger partial charge in [-0.2, -0.15) is 0 Å². The van der Waals surface area contributed by atoms with Crippen molar-refractivity contribution in [2.75, 3.05) is 19.0 Å². The molecule has 16 heavy (non-hydrogen) atoms. The van der Waals surface area contributed by atoms with Crippen molar-refractivity contribution in [3.05, 3.63) is 18.0 Å². The molecule has 4 heteroatoms. The van der Waals surface area contributed by atoms with E-state index in [2.05, 4.69) is 23.8 Å². The second kappa shape index (κ2) is 5.25. The zero-order valence-corrected chi connectivity index (χ0v) is 10.8. The number of aromatic nitrogens is 2. The second-order valence-corrected chi connectivity index (χ2v) is 4.80. The van der Waals surface area contributed by atoms with E-state index in [-0.39, 0.29) is 12.0 Å². The van der Waals surface area contributed by atoms with Gasteiger partial charge in [-0.15, -0.1) is 0 Å². The number of rotatable bonds is 4. The average molecular weight is 222 g/mol. The van der Waals surface area contributed by atoms with Gasteiger partial charge in [0.2, 0.25) is 5.95 Å². The minimum absolute atomic E-state index is 0.102. The van der Waals surface area contributed by atoms with E-state index < -0.39 is 0 Å². The predicted molar refractivity (Wildman–Crippen MR) is 67.6 cm³/mol. The molecule has 1 heterocycles. The first-order valence-electron chi connectivity index (χ1n) is 5.69. The zero-order valence-electron chi connectivity index (χ0n) is 10.8. The second-order valence-electron chi connectivity index (χ2n) is 4.80. The van der Waals surface area contributed by atoms with Gasteiger partial charge in [0.15, 0.2) is 0 Å². The number of nitrogens with zero attached hydrogens (tertiary/aromatic N) is 3. The van der Waals surface area contributed by atoms with E-state index in [0.29, 0.717) is 5.92 Å². The molecule has 0 aliphatic heterocycles. The lowest BCUT2D eigenvalue weighted by molar-refractivity contribution is 0.426. The Labute approximate surface area is 97.9 Å². The molecule has 0 spiro atoms. The molecule has 1 aromatic heterocycles. The van der Waals surface area contributed by atoms with Crippen molar-refractivity contribution in [1.29, 1.82) is 0 Å². The van der Waals surface area contributed by atoms with Crippen molar-refractivity contribution in [3.8, 4) is 0 Å². The van der Waals surface area contributed by atoms with Crippen LogP contribution >= 0.6 is 0 Å². The van der Waals surface area contributed by atoms with E-state index in [1.54, 1.807) is 6.20 Å². The van der Waals surface area contributed by atoms with E-state index in [4.69, 9.17) is 5.73 Å². The third kappa shape index (κ3) is 2.92. The Kier molecular flexibility index (Phi) is 4.24. The summed E-state index contributed by atoms with van der Waals surface area (Å²) in [7, 11) is 3.88. The Hall–Kier alpha value is -1.16. The first-order valence-corrected chi connectivity index (χ1v) is 5.69. The molecule has 1 rings (SSSR count). The van der Waals surface area contributed by atoms with E-state index in [1.807, 2.05) is 32.0 Å². The summed E-state index contributed by atoms with van der Waals surface area (Å²) in [6.07, 6.45) is 1.80. The van der Waals surface area contributed by atoms with Crippen LogP contribution in [0.4, 0.5) is 5.95 Å². The number of anilines is 1. The standard InChI is InChI=1S/C12H22N4/c1-8(2)11(9(3)13)10-6-7-14-12(15-10)16(4)5/h6-9,11H,13H2,1-5H3. The van der Waals surface area contributed by atoms with Crippen molar-refractivity contribution in [1.82, 2.24) is 9.97 Å². The Bertz CT molecular complexity index is 326. The van der Waals surface area contributed by atoms with Gasteiger partial charge in [-0.25, -0.2) is 9.97 Å². The van der Waals surface area contributed by atoms with Crippen LogP contribution in [0.1, 0.15) is 32.4 Å². The summed E-state index contributed by atoms with van der Waals surface area (Å²) in [4.78, 5) is 10.7. The molecule has 0 aliphatic carbocycles. The molecule has 0 amide bonds. The molecular formula is C12H22N4. The lowest BCUT2D eigenvalue weighted by Gasteiger charge is -2.24. The first-order chi connectivity index (χ1) is 7.43. The topological polar surface area (TPSA) is 55.0 Å². The van der Waals surface area contributed by atoms with Crippen LogP contribution in [-0.4, -0.2) is 30.1 Å². The maximum atomic E-state index is 6.02. The van der Waals surface area contributed by atoms with Crippen LogP contribution in [0, 0.1) is 5.92 Å². The zero-order chi connectivity index (χ0) is 12.3. The molecule has 0 radical (unpaired) electrons. The molecule has 2 atom stereocenters. The summed E-state index contributed by atoms with van der Waals surface area (Å²) >= 11 is 0. The van der Waals surface area contributed by atoms with Crippen molar-refractivity contribution in [2.45, 2.75) is 32.7 Å². The molecule has 2 unspecified atom stereocenters. The summed E-state index contributed by atoms with van der Waals surface area (Å²) in [6.45, 7) is 6.37. The Morgan fingerprint density at radius 3 is 2.31 bits per heavy atom. The van der Waals surface area contributed by atoms with E-state index in [1.165, 1.54) is 0 Å².